The van der Waals surface area contributed by atoms with Gasteiger partial charge in [-0.3, -0.25) is 0 Å². The van der Waals surface area contributed by atoms with E-state index in [0.717, 1.165) is 19.3 Å². The molecule has 0 amide bonds. The molecule has 3 unspecified atom stereocenters. The Kier molecular flexibility index (Phi) is 2.97. The van der Waals surface area contributed by atoms with Gasteiger partial charge in [-0.1, -0.05) is 44.5 Å². The van der Waals surface area contributed by atoms with Crippen molar-refractivity contribution in [1.82, 2.24) is 0 Å². The zero-order chi connectivity index (χ0) is 12.8. The van der Waals surface area contributed by atoms with Gasteiger partial charge in [0.15, 0.2) is 0 Å². The highest BCUT2D eigenvalue weighted by Gasteiger charge is 2.52. The summed E-state index contributed by atoms with van der Waals surface area (Å²) in [6.07, 6.45) is 5.65. The molecular formula is C17H24O. The van der Waals surface area contributed by atoms with Gasteiger partial charge < -0.3 is 5.11 Å². The van der Waals surface area contributed by atoms with Crippen molar-refractivity contribution in [3.63, 3.8) is 0 Å². The maximum atomic E-state index is 11.3. The lowest BCUT2D eigenvalue weighted by molar-refractivity contribution is -0.0795. The fraction of sp³-hybridized carbons (Fsp3) is 0.647. The highest BCUT2D eigenvalue weighted by atomic mass is 16.3. The van der Waals surface area contributed by atoms with Gasteiger partial charge in [0.1, 0.15) is 0 Å². The van der Waals surface area contributed by atoms with Crippen molar-refractivity contribution in [2.45, 2.75) is 51.6 Å². The van der Waals surface area contributed by atoms with Crippen molar-refractivity contribution < 1.29 is 5.11 Å². The minimum atomic E-state index is -0.423. The van der Waals surface area contributed by atoms with Crippen LogP contribution in [-0.4, -0.2) is 10.7 Å². The molecule has 3 rings (SSSR count). The van der Waals surface area contributed by atoms with Crippen LogP contribution in [0.4, 0.5) is 0 Å². The first-order valence-corrected chi connectivity index (χ1v) is 7.45. The Hall–Kier alpha value is -0.820. The monoisotopic (exact) mass is 244 g/mol. The first-order chi connectivity index (χ1) is 8.66. The second kappa shape index (κ2) is 4.38. The molecule has 1 N–H and O–H groups in total. The summed E-state index contributed by atoms with van der Waals surface area (Å²) < 4.78 is 0. The molecule has 0 spiro atoms. The van der Waals surface area contributed by atoms with E-state index in [1.165, 1.54) is 24.0 Å². The molecule has 1 nitrogen and oxygen atoms in total. The van der Waals surface area contributed by atoms with E-state index in [-0.39, 0.29) is 0 Å². The van der Waals surface area contributed by atoms with Crippen molar-refractivity contribution in [2.24, 2.45) is 17.8 Å². The molecule has 0 radical (unpaired) electrons. The van der Waals surface area contributed by atoms with Gasteiger partial charge in [0.25, 0.3) is 0 Å². The van der Waals surface area contributed by atoms with Gasteiger partial charge in [-0.2, -0.15) is 0 Å². The minimum Gasteiger partial charge on any atom is -0.389 e. The van der Waals surface area contributed by atoms with Crippen LogP contribution >= 0.6 is 0 Å². The Morgan fingerprint density at radius 2 is 1.67 bits per heavy atom. The second-order valence-electron chi connectivity index (χ2n) is 6.34. The molecule has 1 aromatic carbocycles. The van der Waals surface area contributed by atoms with Crippen LogP contribution in [0.15, 0.2) is 24.3 Å². The molecule has 1 heteroatoms. The van der Waals surface area contributed by atoms with Crippen LogP contribution in [0.25, 0.3) is 0 Å². The van der Waals surface area contributed by atoms with E-state index in [2.05, 4.69) is 38.1 Å². The van der Waals surface area contributed by atoms with Crippen LogP contribution in [0.1, 0.15) is 44.2 Å². The van der Waals surface area contributed by atoms with E-state index in [0.29, 0.717) is 17.8 Å². The standard InChI is InChI=1S/C17H24O/c1-3-12(2)17(18)15-8-9-16(17)11-14-7-5-4-6-13(14)10-15/h4-7,12,15-16,18H,3,8-11H2,1-2H3. The zero-order valence-electron chi connectivity index (χ0n) is 11.5. The molecule has 1 saturated carbocycles. The summed E-state index contributed by atoms with van der Waals surface area (Å²) >= 11 is 0. The predicted octanol–water partition coefficient (Wildman–Crippen LogP) is 3.59. The van der Waals surface area contributed by atoms with Crippen molar-refractivity contribution in [3.8, 4) is 0 Å². The summed E-state index contributed by atoms with van der Waals surface area (Å²) in [7, 11) is 0. The summed E-state index contributed by atoms with van der Waals surface area (Å²) in [5.74, 6) is 1.37. The molecule has 1 aromatic rings. The molecule has 2 aliphatic carbocycles. The van der Waals surface area contributed by atoms with Gasteiger partial charge in [-0.05, 0) is 54.6 Å². The third kappa shape index (κ3) is 1.64. The van der Waals surface area contributed by atoms with Gasteiger partial charge in [-0.15, -0.1) is 0 Å². The van der Waals surface area contributed by atoms with E-state index in [9.17, 15) is 5.11 Å². The van der Waals surface area contributed by atoms with Gasteiger partial charge in [0.05, 0.1) is 5.60 Å². The van der Waals surface area contributed by atoms with Crippen LogP contribution in [0.2, 0.25) is 0 Å². The van der Waals surface area contributed by atoms with Crippen LogP contribution in [0, 0.1) is 17.8 Å². The van der Waals surface area contributed by atoms with Gasteiger partial charge in [0.2, 0.25) is 0 Å². The van der Waals surface area contributed by atoms with Crippen LogP contribution in [0.3, 0.4) is 0 Å². The maximum Gasteiger partial charge on any atom is 0.0735 e. The number of fused-ring (bicyclic) bond motifs is 3. The number of aliphatic hydroxyl groups is 1. The lowest BCUT2D eigenvalue weighted by Crippen LogP contribution is -2.46. The van der Waals surface area contributed by atoms with E-state index in [4.69, 9.17) is 0 Å². The molecule has 0 heterocycles. The topological polar surface area (TPSA) is 20.2 Å². The van der Waals surface area contributed by atoms with Gasteiger partial charge in [-0.25, -0.2) is 0 Å². The SMILES string of the molecule is CCC(C)C1(O)C2CCC1Cc1ccccc1C2. The Bertz CT molecular complexity index is 404. The fourth-order valence-corrected chi connectivity index (χ4v) is 4.35. The molecule has 3 atom stereocenters. The van der Waals surface area contributed by atoms with Crippen molar-refractivity contribution >= 4 is 0 Å². The third-order valence-electron chi connectivity index (χ3n) is 5.62. The van der Waals surface area contributed by atoms with Crippen molar-refractivity contribution in [1.29, 1.82) is 0 Å². The fourth-order valence-electron chi connectivity index (χ4n) is 4.35. The summed E-state index contributed by atoms with van der Waals surface area (Å²) in [4.78, 5) is 0. The molecular weight excluding hydrogens is 220 g/mol. The zero-order valence-corrected chi connectivity index (χ0v) is 11.5. The van der Waals surface area contributed by atoms with E-state index in [1.54, 1.807) is 0 Å². The molecule has 2 bridgehead atoms. The molecule has 0 aliphatic heterocycles. The molecule has 2 aliphatic rings. The van der Waals surface area contributed by atoms with Crippen LogP contribution in [-0.2, 0) is 12.8 Å². The quantitative estimate of drug-likeness (QED) is 0.843. The largest absolute Gasteiger partial charge is 0.389 e. The van der Waals surface area contributed by atoms with Gasteiger partial charge >= 0.3 is 0 Å². The average molecular weight is 244 g/mol. The Morgan fingerprint density at radius 1 is 1.17 bits per heavy atom. The molecule has 1 fully saturated rings. The smallest absolute Gasteiger partial charge is 0.0735 e. The Labute approximate surface area is 110 Å². The lowest BCUT2D eigenvalue weighted by atomic mass is 9.72. The number of benzene rings is 1. The highest BCUT2D eigenvalue weighted by molar-refractivity contribution is 5.32. The number of hydrogen-bond acceptors (Lipinski definition) is 1. The molecule has 98 valence electrons. The van der Waals surface area contributed by atoms with Crippen LogP contribution < -0.4 is 0 Å². The molecule has 18 heavy (non-hydrogen) atoms. The first kappa shape index (κ1) is 12.2. The normalized spacial score (nSPS) is 35.9. The van der Waals surface area contributed by atoms with Crippen molar-refractivity contribution in [2.75, 3.05) is 0 Å². The predicted molar refractivity (Wildman–Crippen MR) is 74.5 cm³/mol. The summed E-state index contributed by atoms with van der Waals surface area (Å²) in [6, 6.07) is 8.79. The van der Waals surface area contributed by atoms with E-state index < -0.39 is 5.60 Å². The summed E-state index contributed by atoms with van der Waals surface area (Å²) in [5, 5.41) is 11.3. The van der Waals surface area contributed by atoms with Gasteiger partial charge in [0, 0.05) is 0 Å². The Morgan fingerprint density at radius 3 is 2.11 bits per heavy atom. The van der Waals surface area contributed by atoms with Crippen molar-refractivity contribution in [3.05, 3.63) is 35.4 Å². The minimum absolute atomic E-state index is 0.421. The number of rotatable bonds is 2. The molecule has 0 saturated heterocycles. The first-order valence-electron chi connectivity index (χ1n) is 7.45. The summed E-state index contributed by atoms with van der Waals surface area (Å²) in [5.41, 5.74) is 2.53. The number of hydrogen-bond donors (Lipinski definition) is 1. The maximum absolute atomic E-state index is 11.3. The Balaban J connectivity index is 2.00. The van der Waals surface area contributed by atoms with E-state index in [1.807, 2.05) is 0 Å². The summed E-state index contributed by atoms with van der Waals surface area (Å²) in [6.45, 7) is 4.45. The van der Waals surface area contributed by atoms with Crippen LogP contribution in [0.5, 0.6) is 0 Å². The highest BCUT2D eigenvalue weighted by Crippen LogP contribution is 2.51. The average Bonchev–Trinajstić information content (AvgIpc) is 2.61. The molecule has 0 aromatic heterocycles. The lowest BCUT2D eigenvalue weighted by Gasteiger charge is -2.39. The van der Waals surface area contributed by atoms with E-state index >= 15 is 0 Å². The second-order valence-corrected chi connectivity index (χ2v) is 6.34. The third-order valence-corrected chi connectivity index (χ3v) is 5.62.